The fraction of sp³-hybridized carbons (Fsp3) is 0.833. The van der Waals surface area contributed by atoms with Gasteiger partial charge in [0.05, 0.1) is 6.10 Å². The second-order valence-electron chi connectivity index (χ2n) is 6.03. The van der Waals surface area contributed by atoms with Gasteiger partial charge in [-0.05, 0) is 5.41 Å². The second kappa shape index (κ2) is 5.24. The maximum absolute atomic E-state index is 12.1. The highest BCUT2D eigenvalue weighted by atomic mass is 16.3. The van der Waals surface area contributed by atoms with E-state index in [-0.39, 0.29) is 36.8 Å². The van der Waals surface area contributed by atoms with Crippen LogP contribution in [-0.2, 0) is 9.59 Å². The van der Waals surface area contributed by atoms with Crippen molar-refractivity contribution in [3.05, 3.63) is 0 Å². The average Bonchev–Trinajstić information content (AvgIpc) is 2.58. The molecule has 0 aromatic heterocycles. The van der Waals surface area contributed by atoms with Gasteiger partial charge in [0, 0.05) is 25.4 Å². The summed E-state index contributed by atoms with van der Waals surface area (Å²) in [6.45, 7) is 6.02. The van der Waals surface area contributed by atoms with Crippen molar-refractivity contribution in [1.29, 1.82) is 0 Å². The molecule has 18 heavy (non-hydrogen) atoms. The van der Waals surface area contributed by atoms with E-state index < -0.39 is 18.1 Å². The molecule has 0 aromatic carbocycles. The molecular weight excluding hydrogens is 234 g/mol. The van der Waals surface area contributed by atoms with Crippen LogP contribution in [0.3, 0.4) is 0 Å². The summed E-state index contributed by atoms with van der Waals surface area (Å²) < 4.78 is 0. The highest BCUT2D eigenvalue weighted by Crippen LogP contribution is 2.23. The Morgan fingerprint density at radius 1 is 1.44 bits per heavy atom. The van der Waals surface area contributed by atoms with E-state index in [0.29, 0.717) is 0 Å². The summed E-state index contributed by atoms with van der Waals surface area (Å²) in [5.74, 6) is -0.804. The van der Waals surface area contributed by atoms with Crippen LogP contribution in [0.1, 0.15) is 33.6 Å². The lowest BCUT2D eigenvalue weighted by molar-refractivity contribution is -0.138. The normalized spacial score (nSPS) is 26.2. The molecule has 2 amide bonds. The van der Waals surface area contributed by atoms with Crippen LogP contribution >= 0.6 is 0 Å². The first-order valence-electron chi connectivity index (χ1n) is 6.15. The summed E-state index contributed by atoms with van der Waals surface area (Å²) in [4.78, 5) is 24.7. The highest BCUT2D eigenvalue weighted by molar-refractivity contribution is 5.87. The minimum absolute atomic E-state index is 0.153. The summed E-state index contributed by atoms with van der Waals surface area (Å²) in [5, 5.41) is 9.53. The molecule has 3 unspecified atom stereocenters. The molecule has 1 heterocycles. The molecule has 0 bridgehead atoms. The SMILES string of the molecule is CC(C)(C)C(N)CC(=O)N1CC(O)CC1C(N)=O. The van der Waals surface area contributed by atoms with Gasteiger partial charge < -0.3 is 21.5 Å². The maximum Gasteiger partial charge on any atom is 0.240 e. The lowest BCUT2D eigenvalue weighted by Crippen LogP contribution is -2.47. The lowest BCUT2D eigenvalue weighted by atomic mass is 9.85. The number of carbonyl (C=O) groups excluding carboxylic acids is 2. The van der Waals surface area contributed by atoms with Gasteiger partial charge in [0.15, 0.2) is 0 Å². The van der Waals surface area contributed by atoms with E-state index in [2.05, 4.69) is 0 Å². The second-order valence-corrected chi connectivity index (χ2v) is 6.03. The van der Waals surface area contributed by atoms with Crippen LogP contribution < -0.4 is 11.5 Å². The molecule has 0 spiro atoms. The van der Waals surface area contributed by atoms with E-state index in [1.165, 1.54) is 4.90 Å². The van der Waals surface area contributed by atoms with Crippen LogP contribution in [0.25, 0.3) is 0 Å². The van der Waals surface area contributed by atoms with Gasteiger partial charge in [0.25, 0.3) is 0 Å². The van der Waals surface area contributed by atoms with Crippen molar-refractivity contribution >= 4 is 11.8 Å². The first-order valence-corrected chi connectivity index (χ1v) is 6.15. The number of rotatable bonds is 3. The van der Waals surface area contributed by atoms with E-state index in [1.807, 2.05) is 20.8 Å². The number of primary amides is 1. The Morgan fingerprint density at radius 2 is 2.00 bits per heavy atom. The van der Waals surface area contributed by atoms with Crippen LogP contribution in [0, 0.1) is 5.41 Å². The zero-order valence-corrected chi connectivity index (χ0v) is 11.2. The Kier molecular flexibility index (Phi) is 4.34. The minimum Gasteiger partial charge on any atom is -0.391 e. The predicted molar refractivity (Wildman–Crippen MR) is 67.4 cm³/mol. The highest BCUT2D eigenvalue weighted by Gasteiger charge is 2.38. The molecular formula is C12H23N3O3. The van der Waals surface area contributed by atoms with Crippen LogP contribution in [0.15, 0.2) is 0 Å². The summed E-state index contributed by atoms with van der Waals surface area (Å²) in [5.41, 5.74) is 11.0. The summed E-state index contributed by atoms with van der Waals surface area (Å²) in [6, 6.07) is -1.00. The van der Waals surface area contributed by atoms with E-state index in [9.17, 15) is 14.7 Å². The molecule has 6 heteroatoms. The minimum atomic E-state index is -0.709. The van der Waals surface area contributed by atoms with Gasteiger partial charge in [-0.2, -0.15) is 0 Å². The smallest absolute Gasteiger partial charge is 0.240 e. The molecule has 0 radical (unpaired) electrons. The van der Waals surface area contributed by atoms with E-state index in [4.69, 9.17) is 11.5 Å². The van der Waals surface area contributed by atoms with Crippen molar-refractivity contribution < 1.29 is 14.7 Å². The molecule has 0 saturated carbocycles. The third-order valence-corrected chi connectivity index (χ3v) is 3.43. The molecule has 1 aliphatic heterocycles. The fourth-order valence-corrected chi connectivity index (χ4v) is 1.97. The maximum atomic E-state index is 12.1. The zero-order valence-electron chi connectivity index (χ0n) is 11.2. The third-order valence-electron chi connectivity index (χ3n) is 3.43. The van der Waals surface area contributed by atoms with Gasteiger partial charge in [-0.25, -0.2) is 0 Å². The Morgan fingerprint density at radius 3 is 2.44 bits per heavy atom. The van der Waals surface area contributed by atoms with Gasteiger partial charge in [0.2, 0.25) is 11.8 Å². The van der Waals surface area contributed by atoms with Gasteiger partial charge in [-0.15, -0.1) is 0 Å². The molecule has 1 rings (SSSR count). The number of aliphatic hydroxyl groups excluding tert-OH is 1. The van der Waals surface area contributed by atoms with Crippen molar-refractivity contribution in [2.75, 3.05) is 6.54 Å². The average molecular weight is 257 g/mol. The van der Waals surface area contributed by atoms with Crippen LogP contribution in [0.5, 0.6) is 0 Å². The molecule has 0 aliphatic carbocycles. The van der Waals surface area contributed by atoms with Crippen molar-refractivity contribution in [2.24, 2.45) is 16.9 Å². The van der Waals surface area contributed by atoms with Gasteiger partial charge in [0.1, 0.15) is 6.04 Å². The van der Waals surface area contributed by atoms with E-state index in [0.717, 1.165) is 0 Å². The van der Waals surface area contributed by atoms with Crippen LogP contribution in [-0.4, -0.2) is 46.6 Å². The number of nitrogens with two attached hydrogens (primary N) is 2. The molecule has 6 nitrogen and oxygen atoms in total. The van der Waals surface area contributed by atoms with Gasteiger partial charge in [-0.1, -0.05) is 20.8 Å². The Bertz CT molecular complexity index is 338. The standard InChI is InChI=1S/C12H23N3O3/c1-12(2,3)9(13)5-10(17)15-6-7(16)4-8(15)11(14)18/h7-9,16H,4-6,13H2,1-3H3,(H2,14,18). The largest absolute Gasteiger partial charge is 0.391 e. The lowest BCUT2D eigenvalue weighted by Gasteiger charge is -2.29. The fourth-order valence-electron chi connectivity index (χ4n) is 1.97. The summed E-state index contributed by atoms with van der Waals surface area (Å²) in [7, 11) is 0. The monoisotopic (exact) mass is 257 g/mol. The molecule has 1 saturated heterocycles. The first-order chi connectivity index (χ1) is 8.12. The van der Waals surface area contributed by atoms with Crippen molar-refractivity contribution in [3.8, 4) is 0 Å². The zero-order chi connectivity index (χ0) is 14.1. The van der Waals surface area contributed by atoms with E-state index in [1.54, 1.807) is 0 Å². The first kappa shape index (κ1) is 14.9. The van der Waals surface area contributed by atoms with E-state index >= 15 is 0 Å². The topological polar surface area (TPSA) is 110 Å². The number of carbonyl (C=O) groups is 2. The van der Waals surface area contributed by atoms with Crippen molar-refractivity contribution in [1.82, 2.24) is 4.90 Å². The van der Waals surface area contributed by atoms with Gasteiger partial charge >= 0.3 is 0 Å². The van der Waals surface area contributed by atoms with Crippen molar-refractivity contribution in [3.63, 3.8) is 0 Å². The molecule has 104 valence electrons. The quantitative estimate of drug-likeness (QED) is 0.614. The summed E-state index contributed by atoms with van der Waals surface area (Å²) >= 11 is 0. The molecule has 3 atom stereocenters. The molecule has 1 fully saturated rings. The number of hydrogen-bond acceptors (Lipinski definition) is 4. The summed E-state index contributed by atoms with van der Waals surface area (Å²) in [6.07, 6.45) is -0.316. The van der Waals surface area contributed by atoms with Crippen LogP contribution in [0.2, 0.25) is 0 Å². The number of likely N-dealkylation sites (tertiary alicyclic amines) is 1. The van der Waals surface area contributed by atoms with Gasteiger partial charge in [-0.3, -0.25) is 9.59 Å². The predicted octanol–water partition coefficient (Wildman–Crippen LogP) is -0.803. The van der Waals surface area contributed by atoms with Crippen LogP contribution in [0.4, 0.5) is 0 Å². The molecule has 1 aliphatic rings. The Labute approximate surface area is 107 Å². The Balaban J connectivity index is 2.69. The number of aliphatic hydroxyl groups is 1. The number of amides is 2. The Hall–Kier alpha value is -1.14. The number of β-amino-alcohol motifs (C(OH)–C–C–N with tert-alkyl or cyclic N) is 1. The number of hydrogen-bond donors (Lipinski definition) is 3. The number of nitrogens with zero attached hydrogens (tertiary/aromatic N) is 1. The van der Waals surface area contributed by atoms with Crippen molar-refractivity contribution in [2.45, 2.75) is 51.8 Å². The molecule has 0 aromatic rings. The molecule has 5 N–H and O–H groups in total. The third kappa shape index (κ3) is 3.43.